The fraction of sp³-hybridized carbons (Fsp3) is 0.185. The van der Waals surface area contributed by atoms with Crippen molar-refractivity contribution in [1.29, 1.82) is 0 Å². The molecule has 3 aromatic carbocycles. The fourth-order valence-electron chi connectivity index (χ4n) is 3.99. The van der Waals surface area contributed by atoms with Crippen LogP contribution in [0.3, 0.4) is 0 Å². The maximum Gasteiger partial charge on any atom is 0.338 e. The lowest BCUT2D eigenvalue weighted by atomic mass is 10.1. The smallest absolute Gasteiger partial charge is 0.338 e. The number of benzene rings is 3. The quantitative estimate of drug-likeness (QED) is 0.404. The van der Waals surface area contributed by atoms with E-state index >= 15 is 0 Å². The van der Waals surface area contributed by atoms with Gasteiger partial charge < -0.3 is 19.5 Å². The number of carbonyl (C=O) groups excluding carboxylic acids is 4. The Labute approximate surface area is 206 Å². The van der Waals surface area contributed by atoms with E-state index in [2.05, 4.69) is 5.32 Å². The van der Waals surface area contributed by atoms with Crippen LogP contribution in [0, 0.1) is 0 Å². The molecule has 2 heterocycles. The van der Waals surface area contributed by atoms with Crippen LogP contribution in [0.15, 0.2) is 66.7 Å². The summed E-state index contributed by atoms with van der Waals surface area (Å²) in [6.07, 6.45) is -1.08. The SMILES string of the molecule is C[C@H](OC(=O)c1ccc2c(c1)C(=O)N(Cc1ccccc1)C2=O)C(=O)NCc1ccc2c(c1)OCO2. The van der Waals surface area contributed by atoms with Crippen molar-refractivity contribution in [3.05, 3.63) is 94.5 Å². The first-order valence-electron chi connectivity index (χ1n) is 11.3. The van der Waals surface area contributed by atoms with Crippen molar-refractivity contribution in [1.82, 2.24) is 10.2 Å². The zero-order chi connectivity index (χ0) is 25.2. The van der Waals surface area contributed by atoms with Gasteiger partial charge in [0.05, 0.1) is 23.2 Å². The molecule has 182 valence electrons. The maximum absolute atomic E-state index is 12.9. The molecule has 36 heavy (non-hydrogen) atoms. The number of esters is 1. The highest BCUT2D eigenvalue weighted by Gasteiger charge is 2.36. The van der Waals surface area contributed by atoms with Crippen LogP contribution >= 0.6 is 0 Å². The minimum atomic E-state index is -1.08. The van der Waals surface area contributed by atoms with Crippen LogP contribution in [0.4, 0.5) is 0 Å². The van der Waals surface area contributed by atoms with E-state index in [1.54, 1.807) is 18.2 Å². The molecule has 2 aliphatic heterocycles. The Bertz CT molecular complexity index is 1370. The highest BCUT2D eigenvalue weighted by molar-refractivity contribution is 6.21. The van der Waals surface area contributed by atoms with Gasteiger partial charge in [0.15, 0.2) is 17.6 Å². The fourth-order valence-corrected chi connectivity index (χ4v) is 3.99. The molecule has 3 amide bonds. The zero-order valence-corrected chi connectivity index (χ0v) is 19.4. The molecule has 0 radical (unpaired) electrons. The minimum absolute atomic E-state index is 0.0758. The number of imide groups is 1. The van der Waals surface area contributed by atoms with Gasteiger partial charge in [-0.25, -0.2) is 4.79 Å². The third-order valence-electron chi connectivity index (χ3n) is 5.95. The number of hydrogen-bond acceptors (Lipinski definition) is 7. The highest BCUT2D eigenvalue weighted by Crippen LogP contribution is 2.32. The molecule has 0 fully saturated rings. The van der Waals surface area contributed by atoms with E-state index in [-0.39, 0.29) is 36.6 Å². The van der Waals surface area contributed by atoms with Crippen molar-refractivity contribution in [3.8, 4) is 11.5 Å². The van der Waals surface area contributed by atoms with Crippen molar-refractivity contribution in [2.45, 2.75) is 26.1 Å². The lowest BCUT2D eigenvalue weighted by molar-refractivity contribution is -0.129. The lowest BCUT2D eigenvalue weighted by Gasteiger charge is -2.14. The number of fused-ring (bicyclic) bond motifs is 2. The summed E-state index contributed by atoms with van der Waals surface area (Å²) in [6.45, 7) is 1.96. The lowest BCUT2D eigenvalue weighted by Crippen LogP contribution is -2.35. The first-order chi connectivity index (χ1) is 17.4. The second kappa shape index (κ2) is 9.53. The maximum atomic E-state index is 12.9. The largest absolute Gasteiger partial charge is 0.454 e. The number of nitrogens with one attached hydrogen (secondary N) is 1. The molecule has 3 aromatic rings. The van der Waals surface area contributed by atoms with Crippen molar-refractivity contribution in [2.24, 2.45) is 0 Å². The van der Waals surface area contributed by atoms with Crippen LogP contribution in [0.1, 0.15) is 49.1 Å². The molecular formula is C27H22N2O7. The third kappa shape index (κ3) is 4.50. The van der Waals surface area contributed by atoms with Crippen LogP contribution in [0.25, 0.3) is 0 Å². The molecule has 0 unspecified atom stereocenters. The average Bonchev–Trinajstić information content (AvgIpc) is 3.46. The first kappa shape index (κ1) is 23.1. The predicted molar refractivity (Wildman–Crippen MR) is 126 cm³/mol. The van der Waals surface area contributed by atoms with E-state index < -0.39 is 29.8 Å². The summed E-state index contributed by atoms with van der Waals surface area (Å²) in [4.78, 5) is 51.9. The summed E-state index contributed by atoms with van der Waals surface area (Å²) in [5, 5.41) is 2.71. The molecular weight excluding hydrogens is 464 g/mol. The summed E-state index contributed by atoms with van der Waals surface area (Å²) in [5.41, 5.74) is 2.04. The molecule has 0 aliphatic carbocycles. The van der Waals surface area contributed by atoms with E-state index in [4.69, 9.17) is 14.2 Å². The molecule has 1 N–H and O–H groups in total. The van der Waals surface area contributed by atoms with Crippen LogP contribution in [0.2, 0.25) is 0 Å². The Morgan fingerprint density at radius 2 is 1.67 bits per heavy atom. The number of amides is 3. The number of nitrogens with zero attached hydrogens (tertiary/aromatic N) is 1. The summed E-state index contributed by atoms with van der Waals surface area (Å²) in [7, 11) is 0. The zero-order valence-electron chi connectivity index (χ0n) is 19.4. The molecule has 0 saturated heterocycles. The van der Waals surface area contributed by atoms with Crippen molar-refractivity contribution in [2.75, 3.05) is 6.79 Å². The minimum Gasteiger partial charge on any atom is -0.454 e. The van der Waals surface area contributed by atoms with Crippen LogP contribution in [-0.4, -0.2) is 41.5 Å². The van der Waals surface area contributed by atoms with Gasteiger partial charge in [-0.05, 0) is 48.4 Å². The van der Waals surface area contributed by atoms with Gasteiger partial charge in [0.25, 0.3) is 17.7 Å². The van der Waals surface area contributed by atoms with Gasteiger partial charge in [0.2, 0.25) is 6.79 Å². The van der Waals surface area contributed by atoms with Crippen LogP contribution in [-0.2, 0) is 22.6 Å². The first-order valence-corrected chi connectivity index (χ1v) is 11.3. The Hall–Kier alpha value is -4.66. The van der Waals surface area contributed by atoms with Gasteiger partial charge in [0.1, 0.15) is 0 Å². The van der Waals surface area contributed by atoms with E-state index in [9.17, 15) is 19.2 Å². The molecule has 0 saturated carbocycles. The molecule has 2 aliphatic rings. The molecule has 0 aromatic heterocycles. The van der Waals surface area contributed by atoms with Gasteiger partial charge in [-0.1, -0.05) is 36.4 Å². The number of ether oxygens (including phenoxy) is 3. The van der Waals surface area contributed by atoms with Gasteiger partial charge in [-0.2, -0.15) is 0 Å². The molecule has 0 bridgehead atoms. The predicted octanol–water partition coefficient (Wildman–Crippen LogP) is 3.07. The van der Waals surface area contributed by atoms with Crippen molar-refractivity contribution >= 4 is 23.7 Å². The van der Waals surface area contributed by atoms with Gasteiger partial charge in [0, 0.05) is 6.54 Å². The standard InChI is InChI=1S/C27H22N2O7/c1-16(24(30)28-13-18-7-10-22-23(11-18)35-15-34-22)36-27(33)19-8-9-20-21(12-19)26(32)29(25(20)31)14-17-5-3-2-4-6-17/h2-12,16H,13-15H2,1H3,(H,28,30)/t16-/m0/s1. The van der Waals surface area contributed by atoms with E-state index in [0.29, 0.717) is 11.5 Å². The molecule has 5 rings (SSSR count). The van der Waals surface area contributed by atoms with Crippen molar-refractivity contribution in [3.63, 3.8) is 0 Å². The summed E-state index contributed by atoms with van der Waals surface area (Å²) >= 11 is 0. The Kier molecular flexibility index (Phi) is 6.12. The van der Waals surface area contributed by atoms with E-state index in [1.807, 2.05) is 30.3 Å². The summed E-state index contributed by atoms with van der Waals surface area (Å²) < 4.78 is 15.9. The Morgan fingerprint density at radius 1 is 0.917 bits per heavy atom. The number of hydrogen-bond donors (Lipinski definition) is 1. The van der Waals surface area contributed by atoms with Crippen LogP contribution in [0.5, 0.6) is 11.5 Å². The highest BCUT2D eigenvalue weighted by atomic mass is 16.7. The second-order valence-corrected chi connectivity index (χ2v) is 8.40. The Morgan fingerprint density at radius 3 is 2.47 bits per heavy atom. The van der Waals surface area contributed by atoms with Gasteiger partial charge in [-0.15, -0.1) is 0 Å². The summed E-state index contributed by atoms with van der Waals surface area (Å²) in [5.74, 6) is -0.913. The van der Waals surface area contributed by atoms with Crippen molar-refractivity contribution < 1.29 is 33.4 Å². The van der Waals surface area contributed by atoms with Gasteiger partial charge >= 0.3 is 5.97 Å². The molecule has 9 nitrogen and oxygen atoms in total. The summed E-state index contributed by atoms with van der Waals surface area (Å²) in [6, 6.07) is 18.7. The molecule has 9 heteroatoms. The average molecular weight is 486 g/mol. The second-order valence-electron chi connectivity index (χ2n) is 8.40. The molecule has 1 atom stereocenters. The van der Waals surface area contributed by atoms with Gasteiger partial charge in [-0.3, -0.25) is 19.3 Å². The van der Waals surface area contributed by atoms with E-state index in [0.717, 1.165) is 16.0 Å². The normalized spacial score (nSPS) is 14.4. The van der Waals surface area contributed by atoms with Crippen LogP contribution < -0.4 is 14.8 Å². The molecule has 0 spiro atoms. The number of rotatable bonds is 7. The monoisotopic (exact) mass is 486 g/mol. The topological polar surface area (TPSA) is 111 Å². The third-order valence-corrected chi connectivity index (χ3v) is 5.95. The Balaban J connectivity index is 1.20. The number of carbonyl (C=O) groups is 4. The van der Waals surface area contributed by atoms with E-state index in [1.165, 1.54) is 25.1 Å².